The molecule has 1 heterocycles. The molecule has 3 nitrogen and oxygen atoms in total. The molecule has 1 aromatic heterocycles. The fourth-order valence-corrected chi connectivity index (χ4v) is 6.77. The van der Waals surface area contributed by atoms with E-state index in [0.717, 1.165) is 50.2 Å². The van der Waals surface area contributed by atoms with Gasteiger partial charge >= 0.3 is 0 Å². The van der Waals surface area contributed by atoms with E-state index in [9.17, 15) is 5.26 Å². The lowest BCUT2D eigenvalue weighted by atomic mass is 9.82. The molecule has 3 heteroatoms. The van der Waals surface area contributed by atoms with Crippen LogP contribution in [0, 0.1) is 11.3 Å². The summed E-state index contributed by atoms with van der Waals surface area (Å²) in [4.78, 5) is 10.2. The van der Waals surface area contributed by atoms with Gasteiger partial charge in [0.15, 0.2) is 5.82 Å². The molecule has 0 amide bonds. The summed E-state index contributed by atoms with van der Waals surface area (Å²) in [5.41, 5.74) is 12.5. The van der Waals surface area contributed by atoms with Crippen molar-refractivity contribution in [3.8, 4) is 62.2 Å². The molecule has 0 unspecified atom stereocenters. The third-order valence-electron chi connectivity index (χ3n) is 9.10. The summed E-state index contributed by atoms with van der Waals surface area (Å²) in [5.74, 6) is 0.697. The molecule has 0 saturated carbocycles. The van der Waals surface area contributed by atoms with Crippen molar-refractivity contribution in [1.29, 1.82) is 5.26 Å². The van der Waals surface area contributed by atoms with Gasteiger partial charge in [-0.3, -0.25) is 0 Å². The highest BCUT2D eigenvalue weighted by molar-refractivity contribution is 5.94. The van der Waals surface area contributed by atoms with Gasteiger partial charge in [-0.05, 0) is 74.5 Å². The molecular weight excluding hydrogens is 546 g/mol. The predicted octanol–water partition coefficient (Wildman–Crippen LogP) is 10.5. The minimum absolute atomic E-state index is 0.154. The first-order valence-corrected chi connectivity index (χ1v) is 15.2. The van der Waals surface area contributed by atoms with E-state index in [-0.39, 0.29) is 5.41 Å². The number of rotatable bonds is 4. The topological polar surface area (TPSA) is 49.6 Å². The Kier molecular flexibility index (Phi) is 6.18. The minimum Gasteiger partial charge on any atom is -0.228 e. The number of fused-ring (bicyclic) bond motifs is 4. The Morgan fingerprint density at radius 2 is 1.22 bits per heavy atom. The smallest absolute Gasteiger partial charge is 0.160 e. The Hall–Kier alpha value is -5.85. The quantitative estimate of drug-likeness (QED) is 0.210. The molecule has 0 N–H and O–H groups in total. The number of hydrogen-bond donors (Lipinski definition) is 0. The van der Waals surface area contributed by atoms with Crippen LogP contribution in [0.25, 0.3) is 66.9 Å². The van der Waals surface area contributed by atoms with Crippen molar-refractivity contribution in [1.82, 2.24) is 9.97 Å². The number of benzene rings is 6. The number of hydrogen-bond acceptors (Lipinski definition) is 3. The van der Waals surface area contributed by atoms with Crippen LogP contribution in [-0.4, -0.2) is 9.97 Å². The molecule has 0 spiro atoms. The molecule has 0 saturated heterocycles. The fourth-order valence-electron chi connectivity index (χ4n) is 6.77. The van der Waals surface area contributed by atoms with Crippen LogP contribution < -0.4 is 0 Å². The Bertz CT molecular complexity index is 2310. The molecule has 6 aromatic carbocycles. The highest BCUT2D eigenvalue weighted by Crippen LogP contribution is 2.52. The zero-order valence-electron chi connectivity index (χ0n) is 25.1. The average molecular weight is 576 g/mol. The maximum absolute atomic E-state index is 9.70. The monoisotopic (exact) mass is 575 g/mol. The third kappa shape index (κ3) is 4.51. The Morgan fingerprint density at radius 3 is 2.04 bits per heavy atom. The van der Waals surface area contributed by atoms with Crippen molar-refractivity contribution in [3.05, 3.63) is 156 Å². The van der Waals surface area contributed by atoms with E-state index < -0.39 is 0 Å². The van der Waals surface area contributed by atoms with Crippen LogP contribution in [0.2, 0.25) is 0 Å². The van der Waals surface area contributed by atoms with Crippen LogP contribution in [0.4, 0.5) is 0 Å². The minimum atomic E-state index is -0.154. The lowest BCUT2D eigenvalue weighted by molar-refractivity contribution is 0.660. The molecule has 8 rings (SSSR count). The van der Waals surface area contributed by atoms with E-state index in [1.807, 2.05) is 30.3 Å². The summed E-state index contributed by atoms with van der Waals surface area (Å²) in [5, 5.41) is 12.0. The van der Waals surface area contributed by atoms with Gasteiger partial charge in [-0.2, -0.15) is 5.26 Å². The van der Waals surface area contributed by atoms with Gasteiger partial charge in [-0.1, -0.05) is 123 Å². The molecular formula is C42H29N3. The number of aromatic nitrogens is 2. The van der Waals surface area contributed by atoms with E-state index in [4.69, 9.17) is 9.97 Å². The molecule has 0 fully saturated rings. The summed E-state index contributed by atoms with van der Waals surface area (Å²) in [6.45, 7) is 4.54. The van der Waals surface area contributed by atoms with Crippen LogP contribution >= 0.6 is 0 Å². The molecule has 1 aliphatic rings. The molecule has 212 valence electrons. The first kappa shape index (κ1) is 26.8. The molecule has 1 aliphatic carbocycles. The molecule has 45 heavy (non-hydrogen) atoms. The van der Waals surface area contributed by atoms with Crippen LogP contribution in [0.3, 0.4) is 0 Å². The lowest BCUT2D eigenvalue weighted by Gasteiger charge is -2.21. The molecule has 0 atom stereocenters. The molecule has 0 aliphatic heterocycles. The summed E-state index contributed by atoms with van der Waals surface area (Å²) in [6, 6.07) is 50.8. The van der Waals surface area contributed by atoms with Crippen LogP contribution in [0.5, 0.6) is 0 Å². The van der Waals surface area contributed by atoms with Crippen molar-refractivity contribution < 1.29 is 0 Å². The van der Waals surface area contributed by atoms with Gasteiger partial charge in [0.1, 0.15) is 0 Å². The summed E-state index contributed by atoms with van der Waals surface area (Å²) < 4.78 is 0. The Labute approximate surface area is 263 Å². The zero-order valence-corrected chi connectivity index (χ0v) is 25.1. The van der Waals surface area contributed by atoms with Crippen LogP contribution in [-0.2, 0) is 5.41 Å². The molecule has 7 aromatic rings. The highest BCUT2D eigenvalue weighted by Gasteiger charge is 2.37. The largest absolute Gasteiger partial charge is 0.228 e. The van der Waals surface area contributed by atoms with Gasteiger partial charge in [-0.15, -0.1) is 0 Å². The second kappa shape index (κ2) is 10.4. The van der Waals surface area contributed by atoms with Gasteiger partial charge in [0.05, 0.1) is 23.0 Å². The van der Waals surface area contributed by atoms with Gasteiger partial charge < -0.3 is 0 Å². The van der Waals surface area contributed by atoms with Crippen molar-refractivity contribution >= 4 is 10.8 Å². The molecule has 0 bridgehead atoms. The summed E-state index contributed by atoms with van der Waals surface area (Å²) in [7, 11) is 0. The van der Waals surface area contributed by atoms with Crippen molar-refractivity contribution in [2.45, 2.75) is 19.3 Å². The number of nitriles is 1. The van der Waals surface area contributed by atoms with Crippen molar-refractivity contribution in [2.24, 2.45) is 0 Å². The highest BCUT2D eigenvalue weighted by atomic mass is 14.9. The standard InChI is InChI=1S/C42H29N3/c1-42(2)36-21-18-27(26-43)22-35(36)40-34(16-9-17-37(40)42)31-14-8-15-32(24-31)39-25-38(29-11-4-3-5-12-29)44-41(45-39)33-20-19-28-10-6-7-13-30(28)23-33/h3-25H,1-2H3. The normalized spacial score (nSPS) is 12.8. The second-order valence-electron chi connectivity index (χ2n) is 12.2. The zero-order chi connectivity index (χ0) is 30.5. The maximum atomic E-state index is 9.70. The van der Waals surface area contributed by atoms with E-state index in [0.29, 0.717) is 11.4 Å². The van der Waals surface area contributed by atoms with E-state index >= 15 is 0 Å². The lowest BCUT2D eigenvalue weighted by Crippen LogP contribution is -2.14. The van der Waals surface area contributed by atoms with E-state index in [1.54, 1.807) is 0 Å². The Morgan fingerprint density at radius 1 is 0.511 bits per heavy atom. The molecule has 0 radical (unpaired) electrons. The second-order valence-corrected chi connectivity index (χ2v) is 12.2. The van der Waals surface area contributed by atoms with Crippen LogP contribution in [0.1, 0.15) is 30.5 Å². The van der Waals surface area contributed by atoms with Gasteiger partial charge in [0.25, 0.3) is 0 Å². The first-order valence-electron chi connectivity index (χ1n) is 15.2. The average Bonchev–Trinajstić information content (AvgIpc) is 3.33. The number of nitrogens with zero attached hydrogens (tertiary/aromatic N) is 3. The SMILES string of the molecule is CC1(C)c2ccc(C#N)cc2-c2c(-c3cccc(-c4cc(-c5ccccc5)nc(-c5ccc6ccccc6c5)n4)c3)cccc21. The van der Waals surface area contributed by atoms with Crippen molar-refractivity contribution in [2.75, 3.05) is 0 Å². The fraction of sp³-hybridized carbons (Fsp3) is 0.0714. The predicted molar refractivity (Wildman–Crippen MR) is 184 cm³/mol. The van der Waals surface area contributed by atoms with Gasteiger partial charge in [0, 0.05) is 22.1 Å². The van der Waals surface area contributed by atoms with Gasteiger partial charge in [-0.25, -0.2) is 9.97 Å². The van der Waals surface area contributed by atoms with Crippen LogP contribution in [0.15, 0.2) is 140 Å². The third-order valence-corrected chi connectivity index (χ3v) is 9.10. The summed E-state index contributed by atoms with van der Waals surface area (Å²) >= 11 is 0. The Balaban J connectivity index is 1.30. The first-order chi connectivity index (χ1) is 22.0. The van der Waals surface area contributed by atoms with Gasteiger partial charge in [0.2, 0.25) is 0 Å². The van der Waals surface area contributed by atoms with E-state index in [2.05, 4.69) is 129 Å². The maximum Gasteiger partial charge on any atom is 0.160 e. The van der Waals surface area contributed by atoms with E-state index in [1.165, 1.54) is 22.1 Å². The van der Waals surface area contributed by atoms with Crippen molar-refractivity contribution in [3.63, 3.8) is 0 Å². The summed E-state index contributed by atoms with van der Waals surface area (Å²) in [6.07, 6.45) is 0.